The summed E-state index contributed by atoms with van der Waals surface area (Å²) in [6, 6.07) is 9.20. The lowest BCUT2D eigenvalue weighted by atomic mass is 10.0. The van der Waals surface area contributed by atoms with Crippen molar-refractivity contribution in [2.75, 3.05) is 5.32 Å². The summed E-state index contributed by atoms with van der Waals surface area (Å²) in [6.45, 7) is 4.12. The summed E-state index contributed by atoms with van der Waals surface area (Å²) >= 11 is 6.09. The molecule has 2 heterocycles. The molecular weight excluding hydrogens is 446 g/mol. The number of anilines is 1. The Balaban J connectivity index is 1.66. The number of halogens is 3. The quantitative estimate of drug-likeness (QED) is 0.348. The van der Waals surface area contributed by atoms with Gasteiger partial charge < -0.3 is 14.6 Å². The molecule has 31 heavy (non-hydrogen) atoms. The van der Waals surface area contributed by atoms with Crippen molar-refractivity contribution in [1.82, 2.24) is 13.9 Å². The number of nitrogens with zero attached hydrogens (tertiary/aromatic N) is 3. The number of hydrogen-bond acceptors (Lipinski definition) is 5. The zero-order chi connectivity index (χ0) is 22.2. The summed E-state index contributed by atoms with van der Waals surface area (Å²) in [6.07, 6.45) is 3.51. The van der Waals surface area contributed by atoms with E-state index in [9.17, 15) is 13.6 Å². The van der Waals surface area contributed by atoms with E-state index in [0.717, 1.165) is 16.6 Å². The minimum Gasteiger partial charge on any atom is -0.420 e. The number of imidazole rings is 1. The molecule has 0 aliphatic carbocycles. The third-order valence-electron chi connectivity index (χ3n) is 4.58. The Kier molecular flexibility index (Phi) is 5.63. The van der Waals surface area contributed by atoms with Crippen LogP contribution < -0.4 is 10.1 Å². The molecule has 0 spiro atoms. The fourth-order valence-electron chi connectivity index (χ4n) is 3.19. The molecule has 2 aromatic heterocycles. The topological polar surface area (TPSA) is 69.0 Å². The first-order valence-electron chi connectivity index (χ1n) is 9.29. The second-order valence-corrected chi connectivity index (χ2v) is 8.17. The van der Waals surface area contributed by atoms with Gasteiger partial charge in [0.25, 0.3) is 5.91 Å². The number of carbonyl (C=O) groups excluding carboxylic acids is 1. The second-order valence-electron chi connectivity index (χ2n) is 7.08. The Morgan fingerprint density at radius 1 is 1.26 bits per heavy atom. The van der Waals surface area contributed by atoms with Crippen molar-refractivity contribution in [3.8, 4) is 16.9 Å². The minimum atomic E-state index is -3.80. The maximum absolute atomic E-state index is 12.9. The molecule has 4 rings (SSSR count). The van der Waals surface area contributed by atoms with Crippen molar-refractivity contribution in [3.63, 3.8) is 0 Å². The monoisotopic (exact) mass is 462 g/mol. The van der Waals surface area contributed by atoms with Gasteiger partial charge in [-0.2, -0.15) is 0 Å². The second kappa shape index (κ2) is 8.24. The number of hydrogen-bond donors (Lipinski definition) is 1. The van der Waals surface area contributed by atoms with E-state index in [0.29, 0.717) is 16.8 Å². The molecule has 0 saturated carbocycles. The van der Waals surface area contributed by atoms with Crippen molar-refractivity contribution in [2.45, 2.75) is 25.5 Å². The van der Waals surface area contributed by atoms with Gasteiger partial charge in [0.1, 0.15) is 5.75 Å². The molecule has 0 saturated heterocycles. The lowest BCUT2D eigenvalue weighted by Crippen LogP contribution is -2.16. The summed E-state index contributed by atoms with van der Waals surface area (Å²) in [5, 5.41) is 4.67. The largest absolute Gasteiger partial charge is 0.487 e. The number of carbonyl (C=O) groups is 1. The summed E-state index contributed by atoms with van der Waals surface area (Å²) in [4.78, 5) is 17.4. The Morgan fingerprint density at radius 2 is 2.00 bits per heavy atom. The van der Waals surface area contributed by atoms with Crippen LogP contribution in [0.25, 0.3) is 22.2 Å². The van der Waals surface area contributed by atoms with E-state index >= 15 is 0 Å². The standard InChI is InChI=1S/C21H17ClF2N4O2S/c1-12(2)28-11-25-18-8-13(7-17(19(18)28)14-9-26-31-10-14)20(29)27-15-3-5-16(6-4-15)30-21(22,23)24/h3-12H,1-2H3,(H,27,29). The van der Waals surface area contributed by atoms with E-state index < -0.39 is 5.57 Å². The average molecular weight is 463 g/mol. The highest BCUT2D eigenvalue weighted by molar-refractivity contribution is 7.03. The lowest BCUT2D eigenvalue weighted by Gasteiger charge is -2.13. The van der Waals surface area contributed by atoms with Crippen LogP contribution in [-0.4, -0.2) is 25.4 Å². The lowest BCUT2D eigenvalue weighted by molar-refractivity contribution is -0.0964. The zero-order valence-electron chi connectivity index (χ0n) is 16.5. The predicted molar refractivity (Wildman–Crippen MR) is 117 cm³/mol. The summed E-state index contributed by atoms with van der Waals surface area (Å²) in [5.41, 5.74) is 0.404. The van der Waals surface area contributed by atoms with E-state index in [1.54, 1.807) is 24.7 Å². The van der Waals surface area contributed by atoms with Crippen molar-refractivity contribution in [2.24, 2.45) is 0 Å². The van der Waals surface area contributed by atoms with Crippen molar-refractivity contribution in [1.29, 1.82) is 0 Å². The SMILES string of the molecule is CC(C)n1cnc2cc(C(=O)Nc3ccc(OC(F)(F)Cl)cc3)cc(-c3cnsc3)c21. The third-order valence-corrected chi connectivity index (χ3v) is 5.24. The van der Waals surface area contributed by atoms with Gasteiger partial charge in [0.15, 0.2) is 0 Å². The molecule has 160 valence electrons. The maximum Gasteiger partial charge on any atom is 0.487 e. The van der Waals surface area contributed by atoms with Crippen LogP contribution in [0.3, 0.4) is 0 Å². The van der Waals surface area contributed by atoms with Gasteiger partial charge in [-0.25, -0.2) is 9.36 Å². The van der Waals surface area contributed by atoms with Crippen LogP contribution in [0.2, 0.25) is 0 Å². The fraction of sp³-hybridized carbons (Fsp3) is 0.190. The molecule has 6 nitrogen and oxygen atoms in total. The molecule has 0 aliphatic heterocycles. The molecule has 4 aromatic rings. The van der Waals surface area contributed by atoms with Gasteiger partial charge in [0.05, 0.1) is 17.4 Å². The van der Waals surface area contributed by atoms with Crippen LogP contribution in [0, 0.1) is 0 Å². The number of aromatic nitrogens is 3. The molecule has 1 N–H and O–H groups in total. The normalized spacial score (nSPS) is 11.8. The van der Waals surface area contributed by atoms with Crippen LogP contribution >= 0.6 is 23.1 Å². The first-order chi connectivity index (χ1) is 14.7. The number of nitrogens with one attached hydrogen (secondary N) is 1. The van der Waals surface area contributed by atoms with Crippen LogP contribution in [0.4, 0.5) is 14.5 Å². The molecule has 0 unspecified atom stereocenters. The fourth-order valence-corrected chi connectivity index (χ4v) is 3.82. The van der Waals surface area contributed by atoms with Gasteiger partial charge in [-0.1, -0.05) is 0 Å². The Bertz CT molecular complexity index is 1220. The number of amides is 1. The molecule has 2 aromatic carbocycles. The van der Waals surface area contributed by atoms with Crippen LogP contribution in [-0.2, 0) is 0 Å². The smallest absolute Gasteiger partial charge is 0.420 e. The van der Waals surface area contributed by atoms with E-state index in [2.05, 4.69) is 37.8 Å². The molecule has 0 bridgehead atoms. The van der Waals surface area contributed by atoms with Crippen molar-refractivity contribution >= 4 is 45.8 Å². The number of ether oxygens (including phenoxy) is 1. The molecule has 10 heteroatoms. The number of rotatable bonds is 6. The number of fused-ring (bicyclic) bond motifs is 1. The molecule has 0 fully saturated rings. The highest BCUT2D eigenvalue weighted by Gasteiger charge is 2.27. The number of benzene rings is 2. The van der Waals surface area contributed by atoms with Gasteiger partial charge in [0, 0.05) is 51.6 Å². The van der Waals surface area contributed by atoms with Crippen molar-refractivity contribution < 1.29 is 18.3 Å². The van der Waals surface area contributed by atoms with E-state index in [4.69, 9.17) is 11.6 Å². The molecular formula is C21H17ClF2N4O2S. The summed E-state index contributed by atoms with van der Waals surface area (Å²) in [7, 11) is 0. The van der Waals surface area contributed by atoms with Gasteiger partial charge in [-0.3, -0.25) is 4.79 Å². The first-order valence-corrected chi connectivity index (χ1v) is 10.5. The van der Waals surface area contributed by atoms with E-state index in [1.807, 2.05) is 5.38 Å². The summed E-state index contributed by atoms with van der Waals surface area (Å²) < 4.78 is 36.0. The van der Waals surface area contributed by atoms with Gasteiger partial charge >= 0.3 is 5.57 Å². The van der Waals surface area contributed by atoms with E-state index in [-0.39, 0.29) is 17.7 Å². The van der Waals surface area contributed by atoms with Crippen LogP contribution in [0.1, 0.15) is 30.2 Å². The summed E-state index contributed by atoms with van der Waals surface area (Å²) in [5.74, 6) is -0.479. The first kappa shape index (κ1) is 21.2. The molecule has 0 radical (unpaired) electrons. The molecule has 1 amide bonds. The Morgan fingerprint density at radius 3 is 2.61 bits per heavy atom. The Labute approximate surface area is 185 Å². The minimum absolute atomic E-state index is 0.120. The molecule has 0 atom stereocenters. The van der Waals surface area contributed by atoms with Crippen LogP contribution in [0.5, 0.6) is 5.75 Å². The maximum atomic E-state index is 12.9. The zero-order valence-corrected chi connectivity index (χ0v) is 18.0. The van der Waals surface area contributed by atoms with Gasteiger partial charge in [-0.15, -0.1) is 8.78 Å². The highest BCUT2D eigenvalue weighted by Crippen LogP contribution is 2.32. The van der Waals surface area contributed by atoms with Crippen molar-refractivity contribution in [3.05, 3.63) is 59.9 Å². The third kappa shape index (κ3) is 4.67. The van der Waals surface area contributed by atoms with E-state index in [1.165, 1.54) is 35.8 Å². The highest BCUT2D eigenvalue weighted by atomic mass is 35.5. The number of alkyl halides is 3. The van der Waals surface area contributed by atoms with Gasteiger partial charge in [-0.05, 0) is 61.8 Å². The van der Waals surface area contributed by atoms with Crippen LogP contribution in [0.15, 0.2) is 54.3 Å². The van der Waals surface area contributed by atoms with Gasteiger partial charge in [0.2, 0.25) is 0 Å². The predicted octanol–water partition coefficient (Wildman–Crippen LogP) is 6.16. The average Bonchev–Trinajstić information content (AvgIpc) is 3.37. The Hall–Kier alpha value is -3.04. The molecule has 0 aliphatic rings.